The standard InChI is InChI=1S/C14H19N3S2/c1-4-12-16-14(19-17-12)18-10(3)13(15)11-7-5-9(2)6-8-11/h5-8,10,13H,4,15H2,1-3H3. The molecule has 2 unspecified atom stereocenters. The molecule has 0 fully saturated rings. The van der Waals surface area contributed by atoms with Crippen molar-refractivity contribution in [2.45, 2.75) is 42.8 Å². The van der Waals surface area contributed by atoms with Gasteiger partial charge in [-0.15, -0.1) is 0 Å². The quantitative estimate of drug-likeness (QED) is 0.856. The summed E-state index contributed by atoms with van der Waals surface area (Å²) in [5, 5.41) is 0.278. The highest BCUT2D eigenvalue weighted by molar-refractivity contribution is 8.01. The van der Waals surface area contributed by atoms with E-state index in [0.717, 1.165) is 16.6 Å². The zero-order valence-corrected chi connectivity index (χ0v) is 13.1. The van der Waals surface area contributed by atoms with Gasteiger partial charge in [0.25, 0.3) is 0 Å². The Bertz CT molecular complexity index is 522. The third-order valence-corrected chi connectivity index (χ3v) is 5.04. The minimum absolute atomic E-state index is 0.0135. The Morgan fingerprint density at radius 3 is 2.58 bits per heavy atom. The van der Waals surface area contributed by atoms with Gasteiger partial charge in [0.05, 0.1) is 0 Å². The first-order valence-electron chi connectivity index (χ1n) is 6.41. The second-order valence-electron chi connectivity index (χ2n) is 4.59. The fourth-order valence-electron chi connectivity index (χ4n) is 1.72. The minimum Gasteiger partial charge on any atom is -0.323 e. The van der Waals surface area contributed by atoms with Gasteiger partial charge in [0.2, 0.25) is 0 Å². The van der Waals surface area contributed by atoms with Crippen LogP contribution in [0, 0.1) is 6.92 Å². The van der Waals surface area contributed by atoms with Crippen LogP contribution in [0.2, 0.25) is 0 Å². The van der Waals surface area contributed by atoms with Gasteiger partial charge in [0.1, 0.15) is 5.82 Å². The molecule has 0 saturated carbocycles. The summed E-state index contributed by atoms with van der Waals surface area (Å²) in [6, 6.07) is 8.43. The summed E-state index contributed by atoms with van der Waals surface area (Å²) in [7, 11) is 0. The van der Waals surface area contributed by atoms with Crippen molar-refractivity contribution in [3.05, 3.63) is 41.2 Å². The molecular formula is C14H19N3S2. The topological polar surface area (TPSA) is 51.8 Å². The van der Waals surface area contributed by atoms with E-state index >= 15 is 0 Å². The molecule has 2 atom stereocenters. The molecule has 5 heteroatoms. The molecule has 1 aromatic carbocycles. The molecule has 2 aromatic rings. The highest BCUT2D eigenvalue weighted by Crippen LogP contribution is 2.31. The van der Waals surface area contributed by atoms with Gasteiger partial charge in [-0.3, -0.25) is 0 Å². The molecule has 0 radical (unpaired) electrons. The van der Waals surface area contributed by atoms with Crippen LogP contribution in [0.25, 0.3) is 0 Å². The van der Waals surface area contributed by atoms with Crippen molar-refractivity contribution in [3.63, 3.8) is 0 Å². The third kappa shape index (κ3) is 3.78. The lowest BCUT2D eigenvalue weighted by Gasteiger charge is -2.18. The van der Waals surface area contributed by atoms with E-state index in [0.29, 0.717) is 0 Å². The number of aromatic nitrogens is 2. The highest BCUT2D eigenvalue weighted by Gasteiger charge is 2.18. The van der Waals surface area contributed by atoms with Gasteiger partial charge in [0.15, 0.2) is 4.34 Å². The number of hydrogen-bond acceptors (Lipinski definition) is 5. The van der Waals surface area contributed by atoms with E-state index in [4.69, 9.17) is 5.73 Å². The maximum Gasteiger partial charge on any atom is 0.170 e. The Balaban J connectivity index is 2.02. The smallest absolute Gasteiger partial charge is 0.170 e. The average Bonchev–Trinajstić information content (AvgIpc) is 2.86. The van der Waals surface area contributed by atoms with Crippen LogP contribution in [0.15, 0.2) is 28.6 Å². The van der Waals surface area contributed by atoms with Crippen LogP contribution in [-0.2, 0) is 6.42 Å². The molecule has 1 aromatic heterocycles. The Morgan fingerprint density at radius 1 is 1.32 bits per heavy atom. The van der Waals surface area contributed by atoms with E-state index in [2.05, 4.69) is 54.4 Å². The van der Waals surface area contributed by atoms with Crippen LogP contribution in [0.1, 0.15) is 36.8 Å². The lowest BCUT2D eigenvalue weighted by Crippen LogP contribution is -2.20. The molecule has 3 nitrogen and oxygen atoms in total. The van der Waals surface area contributed by atoms with Crippen molar-refractivity contribution in [2.75, 3.05) is 0 Å². The van der Waals surface area contributed by atoms with E-state index in [9.17, 15) is 0 Å². The lowest BCUT2D eigenvalue weighted by molar-refractivity contribution is 0.714. The maximum absolute atomic E-state index is 6.31. The van der Waals surface area contributed by atoms with Crippen molar-refractivity contribution >= 4 is 23.3 Å². The van der Waals surface area contributed by atoms with E-state index in [1.807, 2.05) is 0 Å². The second-order valence-corrected chi connectivity index (χ2v) is 6.97. The summed E-state index contributed by atoms with van der Waals surface area (Å²) in [5.41, 5.74) is 8.74. The molecule has 0 spiro atoms. The van der Waals surface area contributed by atoms with Gasteiger partial charge in [-0.1, -0.05) is 55.4 Å². The van der Waals surface area contributed by atoms with Gasteiger partial charge in [-0.2, -0.15) is 4.37 Å². The average molecular weight is 293 g/mol. The summed E-state index contributed by atoms with van der Waals surface area (Å²) in [4.78, 5) is 4.47. The molecule has 0 bridgehead atoms. The Kier molecular flexibility index (Phi) is 4.96. The van der Waals surface area contributed by atoms with Crippen LogP contribution < -0.4 is 5.73 Å². The molecule has 0 aliphatic heterocycles. The van der Waals surface area contributed by atoms with Crippen LogP contribution in [0.5, 0.6) is 0 Å². The lowest BCUT2D eigenvalue weighted by atomic mass is 10.0. The maximum atomic E-state index is 6.31. The van der Waals surface area contributed by atoms with Crippen molar-refractivity contribution in [1.29, 1.82) is 0 Å². The number of benzene rings is 1. The first-order chi connectivity index (χ1) is 9.10. The largest absolute Gasteiger partial charge is 0.323 e. The molecule has 0 aliphatic rings. The van der Waals surface area contributed by atoms with E-state index in [1.165, 1.54) is 22.7 Å². The van der Waals surface area contributed by atoms with Crippen LogP contribution >= 0.6 is 23.3 Å². The van der Waals surface area contributed by atoms with Crippen LogP contribution in [0.3, 0.4) is 0 Å². The van der Waals surface area contributed by atoms with E-state index in [-0.39, 0.29) is 11.3 Å². The fourth-order valence-corrected chi connectivity index (χ4v) is 3.74. The summed E-state index contributed by atoms with van der Waals surface area (Å²) in [5.74, 6) is 0.920. The SMILES string of the molecule is CCc1nsc(SC(C)C(N)c2ccc(C)cc2)n1. The summed E-state index contributed by atoms with van der Waals surface area (Å²) < 4.78 is 5.31. The molecule has 0 aliphatic carbocycles. The molecule has 102 valence electrons. The van der Waals surface area contributed by atoms with Gasteiger partial charge < -0.3 is 5.73 Å². The summed E-state index contributed by atoms with van der Waals surface area (Å²) >= 11 is 3.17. The van der Waals surface area contributed by atoms with Crippen molar-refractivity contribution in [2.24, 2.45) is 5.73 Å². The molecular weight excluding hydrogens is 274 g/mol. The Labute approximate surface area is 122 Å². The van der Waals surface area contributed by atoms with Crippen LogP contribution in [-0.4, -0.2) is 14.6 Å². The zero-order chi connectivity index (χ0) is 13.8. The highest BCUT2D eigenvalue weighted by atomic mass is 32.2. The number of nitrogens with two attached hydrogens (primary N) is 1. The van der Waals surface area contributed by atoms with Gasteiger partial charge in [-0.25, -0.2) is 4.98 Å². The van der Waals surface area contributed by atoms with E-state index < -0.39 is 0 Å². The van der Waals surface area contributed by atoms with Crippen molar-refractivity contribution in [1.82, 2.24) is 9.36 Å². The molecule has 0 amide bonds. The van der Waals surface area contributed by atoms with Gasteiger partial charge in [-0.05, 0) is 24.0 Å². The second kappa shape index (κ2) is 6.50. The minimum atomic E-state index is 0.0135. The molecule has 2 rings (SSSR count). The van der Waals surface area contributed by atoms with E-state index in [1.54, 1.807) is 11.8 Å². The monoisotopic (exact) mass is 293 g/mol. The molecule has 1 heterocycles. The first kappa shape index (κ1) is 14.5. The zero-order valence-electron chi connectivity index (χ0n) is 11.5. The third-order valence-electron chi connectivity index (χ3n) is 3.02. The number of hydrogen-bond donors (Lipinski definition) is 1. The van der Waals surface area contributed by atoms with Gasteiger partial charge in [0, 0.05) is 17.7 Å². The molecule has 19 heavy (non-hydrogen) atoms. The van der Waals surface area contributed by atoms with Crippen molar-refractivity contribution in [3.8, 4) is 0 Å². The normalized spacial score (nSPS) is 14.3. The number of thioether (sulfide) groups is 1. The van der Waals surface area contributed by atoms with Crippen LogP contribution in [0.4, 0.5) is 0 Å². The molecule has 0 saturated heterocycles. The molecule has 2 N–H and O–H groups in total. The van der Waals surface area contributed by atoms with Gasteiger partial charge >= 0.3 is 0 Å². The number of rotatable bonds is 5. The summed E-state index contributed by atoms with van der Waals surface area (Å²) in [6.45, 7) is 6.29. The fraction of sp³-hybridized carbons (Fsp3) is 0.429. The Morgan fingerprint density at radius 2 is 2.00 bits per heavy atom. The summed E-state index contributed by atoms with van der Waals surface area (Å²) in [6.07, 6.45) is 0.884. The number of aryl methyl sites for hydroxylation is 2. The van der Waals surface area contributed by atoms with Crippen molar-refractivity contribution < 1.29 is 0 Å². The first-order valence-corrected chi connectivity index (χ1v) is 8.07. The predicted octanol–water partition coefficient (Wildman–Crippen LogP) is 3.59. The predicted molar refractivity (Wildman–Crippen MR) is 82.7 cm³/mol. The Hall–Kier alpha value is -0.910. The number of nitrogens with zero attached hydrogens (tertiary/aromatic N) is 2.